The first-order valence-corrected chi connectivity index (χ1v) is 10.7. The minimum Gasteiger partial charge on any atom is -0.259 e. The number of alkyl halides is 3. The molecule has 5 aromatic rings. The van der Waals surface area contributed by atoms with Crippen molar-refractivity contribution in [3.05, 3.63) is 125 Å². The van der Waals surface area contributed by atoms with Crippen LogP contribution in [0.25, 0.3) is 22.2 Å². The molecule has 5 rings (SSSR count). The van der Waals surface area contributed by atoms with Crippen molar-refractivity contribution in [3.63, 3.8) is 0 Å². The molecule has 2 nitrogen and oxygen atoms in total. The quantitative estimate of drug-likeness (QED) is 0.278. The number of hydrogen-bond acceptors (Lipinski definition) is 1. The number of halogens is 3. The highest BCUT2D eigenvalue weighted by Crippen LogP contribution is 2.38. The smallest absolute Gasteiger partial charge is 0.259 e. The number of benzene rings is 4. The average Bonchev–Trinajstić information content (AvgIpc) is 3.17. The van der Waals surface area contributed by atoms with Gasteiger partial charge in [0.25, 0.3) is 0 Å². The summed E-state index contributed by atoms with van der Waals surface area (Å²) in [6.07, 6.45) is -3.73. The number of aromatic nitrogens is 2. The van der Waals surface area contributed by atoms with Crippen LogP contribution < -0.4 is 0 Å². The van der Waals surface area contributed by atoms with Crippen LogP contribution in [0.15, 0.2) is 103 Å². The Morgan fingerprint density at radius 3 is 2.00 bits per heavy atom. The number of fused-ring (bicyclic) bond motifs is 1. The first-order chi connectivity index (χ1) is 16.0. The monoisotopic (exact) mass is 442 g/mol. The fourth-order valence-electron chi connectivity index (χ4n) is 4.22. The molecule has 0 saturated carbocycles. The standard InChI is InChI=1S/C28H21F3N2/c29-28(30,31)25-16-8-15-24-26(25)32-33(19-21-11-5-2-6-12-21)27(24)23-14-7-13-22(18-23)17-20-9-3-1-4-10-20/h1-16,18H,17,19H2. The summed E-state index contributed by atoms with van der Waals surface area (Å²) in [5.74, 6) is 0. The summed E-state index contributed by atoms with van der Waals surface area (Å²) in [5.41, 5.74) is 4.04. The van der Waals surface area contributed by atoms with Gasteiger partial charge in [0.15, 0.2) is 0 Å². The summed E-state index contributed by atoms with van der Waals surface area (Å²) < 4.78 is 42.9. The van der Waals surface area contributed by atoms with Crippen molar-refractivity contribution in [1.29, 1.82) is 0 Å². The minimum atomic E-state index is -4.47. The van der Waals surface area contributed by atoms with Crippen molar-refractivity contribution >= 4 is 10.9 Å². The SMILES string of the molecule is FC(F)(F)c1cccc2c(-c3cccc(Cc4ccccc4)c3)n(Cc3ccccc3)nc12. The fraction of sp³-hybridized carbons (Fsp3) is 0.107. The second kappa shape index (κ2) is 8.58. The molecule has 0 radical (unpaired) electrons. The van der Waals surface area contributed by atoms with Gasteiger partial charge in [-0.15, -0.1) is 0 Å². The number of rotatable bonds is 5. The van der Waals surface area contributed by atoms with Gasteiger partial charge < -0.3 is 0 Å². The van der Waals surface area contributed by atoms with Gasteiger partial charge in [0, 0.05) is 10.9 Å². The second-order valence-corrected chi connectivity index (χ2v) is 8.05. The van der Waals surface area contributed by atoms with Crippen LogP contribution in [-0.2, 0) is 19.1 Å². The molecule has 0 aliphatic carbocycles. The third-order valence-electron chi connectivity index (χ3n) is 5.70. The largest absolute Gasteiger partial charge is 0.418 e. The maximum absolute atomic E-state index is 13.7. The molecule has 0 aliphatic heterocycles. The molecule has 0 amide bonds. The van der Waals surface area contributed by atoms with Crippen LogP contribution in [0, 0.1) is 0 Å². The first-order valence-electron chi connectivity index (χ1n) is 10.7. The Kier molecular flexibility index (Phi) is 5.47. The zero-order chi connectivity index (χ0) is 22.8. The third kappa shape index (κ3) is 4.40. The Bertz CT molecular complexity index is 1390. The van der Waals surface area contributed by atoms with Gasteiger partial charge in [-0.3, -0.25) is 4.68 Å². The van der Waals surface area contributed by atoms with Gasteiger partial charge in [-0.05, 0) is 35.2 Å². The van der Waals surface area contributed by atoms with Gasteiger partial charge in [-0.25, -0.2) is 0 Å². The van der Waals surface area contributed by atoms with Crippen LogP contribution in [0.2, 0.25) is 0 Å². The van der Waals surface area contributed by atoms with Crippen LogP contribution in [-0.4, -0.2) is 9.78 Å². The van der Waals surface area contributed by atoms with Crippen molar-refractivity contribution < 1.29 is 13.2 Å². The highest BCUT2D eigenvalue weighted by Gasteiger charge is 2.34. The molecule has 0 bridgehead atoms. The lowest BCUT2D eigenvalue weighted by molar-refractivity contribution is -0.136. The normalized spacial score (nSPS) is 11.7. The van der Waals surface area contributed by atoms with E-state index >= 15 is 0 Å². The summed E-state index contributed by atoms with van der Waals surface area (Å²) in [6.45, 7) is 0.380. The van der Waals surface area contributed by atoms with Gasteiger partial charge in [0.1, 0.15) is 5.52 Å². The van der Waals surface area contributed by atoms with E-state index in [0.717, 1.165) is 29.2 Å². The Hall–Kier alpha value is -3.86. The van der Waals surface area contributed by atoms with E-state index in [0.29, 0.717) is 17.6 Å². The summed E-state index contributed by atoms with van der Waals surface area (Å²) in [5, 5.41) is 4.96. The van der Waals surface area contributed by atoms with Crippen molar-refractivity contribution in [2.24, 2.45) is 0 Å². The molecule has 0 fully saturated rings. The first kappa shape index (κ1) is 21.0. The topological polar surface area (TPSA) is 17.8 Å². The molecule has 5 heteroatoms. The average molecular weight is 442 g/mol. The lowest BCUT2D eigenvalue weighted by Gasteiger charge is -2.10. The predicted octanol–water partition coefficient (Wildman–Crippen LogP) is 7.36. The van der Waals surface area contributed by atoms with Gasteiger partial charge in [-0.1, -0.05) is 91.0 Å². The molecular weight excluding hydrogens is 421 g/mol. The highest BCUT2D eigenvalue weighted by atomic mass is 19.4. The van der Waals surface area contributed by atoms with E-state index in [1.54, 1.807) is 10.7 Å². The van der Waals surface area contributed by atoms with E-state index in [-0.39, 0.29) is 5.52 Å². The van der Waals surface area contributed by atoms with Gasteiger partial charge in [0.2, 0.25) is 0 Å². The van der Waals surface area contributed by atoms with E-state index < -0.39 is 11.7 Å². The van der Waals surface area contributed by atoms with Crippen LogP contribution >= 0.6 is 0 Å². The van der Waals surface area contributed by atoms with Crippen molar-refractivity contribution in [2.45, 2.75) is 19.1 Å². The molecule has 0 saturated heterocycles. The molecule has 0 aliphatic rings. The number of hydrogen-bond donors (Lipinski definition) is 0. The molecule has 33 heavy (non-hydrogen) atoms. The summed E-state index contributed by atoms with van der Waals surface area (Å²) in [4.78, 5) is 0. The summed E-state index contributed by atoms with van der Waals surface area (Å²) in [7, 11) is 0. The fourth-order valence-corrected chi connectivity index (χ4v) is 4.22. The molecule has 4 aromatic carbocycles. The van der Waals surface area contributed by atoms with E-state index in [4.69, 9.17) is 0 Å². The van der Waals surface area contributed by atoms with E-state index in [1.807, 2.05) is 72.8 Å². The van der Waals surface area contributed by atoms with Crippen LogP contribution in [0.1, 0.15) is 22.3 Å². The number of nitrogens with zero attached hydrogens (tertiary/aromatic N) is 2. The Morgan fingerprint density at radius 2 is 1.30 bits per heavy atom. The Labute approximate surface area is 189 Å². The van der Waals surface area contributed by atoms with E-state index in [2.05, 4.69) is 17.2 Å². The lowest BCUT2D eigenvalue weighted by atomic mass is 9.99. The Balaban J connectivity index is 1.66. The zero-order valence-corrected chi connectivity index (χ0v) is 17.8. The van der Waals surface area contributed by atoms with Gasteiger partial charge in [0.05, 0.1) is 17.8 Å². The highest BCUT2D eigenvalue weighted by molar-refractivity contribution is 5.95. The maximum Gasteiger partial charge on any atom is 0.418 e. The summed E-state index contributed by atoms with van der Waals surface area (Å²) >= 11 is 0. The van der Waals surface area contributed by atoms with Crippen LogP contribution in [0.3, 0.4) is 0 Å². The summed E-state index contributed by atoms with van der Waals surface area (Å²) in [6, 6.07) is 32.0. The van der Waals surface area contributed by atoms with Crippen molar-refractivity contribution in [3.8, 4) is 11.3 Å². The molecular formula is C28H21F3N2. The molecule has 1 aromatic heterocycles. The van der Waals surface area contributed by atoms with E-state index in [9.17, 15) is 13.2 Å². The molecule has 0 unspecified atom stereocenters. The molecule has 0 atom stereocenters. The minimum absolute atomic E-state index is 0.0237. The van der Waals surface area contributed by atoms with Crippen molar-refractivity contribution in [1.82, 2.24) is 9.78 Å². The lowest BCUT2D eigenvalue weighted by Crippen LogP contribution is -2.06. The van der Waals surface area contributed by atoms with Gasteiger partial charge >= 0.3 is 6.18 Å². The molecule has 0 spiro atoms. The zero-order valence-electron chi connectivity index (χ0n) is 17.8. The van der Waals surface area contributed by atoms with Crippen molar-refractivity contribution in [2.75, 3.05) is 0 Å². The molecule has 0 N–H and O–H groups in total. The second-order valence-electron chi connectivity index (χ2n) is 8.05. The van der Waals surface area contributed by atoms with E-state index in [1.165, 1.54) is 11.6 Å². The predicted molar refractivity (Wildman–Crippen MR) is 125 cm³/mol. The van der Waals surface area contributed by atoms with Crippen LogP contribution in [0.5, 0.6) is 0 Å². The van der Waals surface area contributed by atoms with Gasteiger partial charge in [-0.2, -0.15) is 18.3 Å². The molecule has 164 valence electrons. The maximum atomic E-state index is 13.7. The third-order valence-corrected chi connectivity index (χ3v) is 5.70. The Morgan fingerprint density at radius 1 is 0.667 bits per heavy atom. The molecule has 1 heterocycles. The van der Waals surface area contributed by atoms with Crippen LogP contribution in [0.4, 0.5) is 13.2 Å².